The Bertz CT molecular complexity index is 6.00. The van der Waals surface area contributed by atoms with E-state index in [1.165, 1.54) is 0 Å². The molecule has 0 aromatic heterocycles. The molecule has 4 heteroatoms. The monoisotopic (exact) mass is 62.1 g/mol. The van der Waals surface area contributed by atoms with Gasteiger partial charge in [-0.05, 0) is 0 Å². The standard InChI is InChI=1S/2BH3.Li.Mg.3H/h2*1H3;;;;;. The molecule has 0 aliphatic carbocycles. The molecular formula is H9B2LiMg. The Morgan fingerprint density at radius 1 is 0.750 bits per heavy atom. The second-order valence-electron chi connectivity index (χ2n) is 0. The Morgan fingerprint density at radius 2 is 0.750 bits per heavy atom. The van der Waals surface area contributed by atoms with Crippen molar-refractivity contribution >= 4 is 58.7 Å². The van der Waals surface area contributed by atoms with E-state index in [0.29, 0.717) is 0 Å². The van der Waals surface area contributed by atoms with Gasteiger partial charge in [0.15, 0.2) is 0 Å². The zero-order valence-corrected chi connectivity index (χ0v) is 0. The molecule has 0 saturated heterocycles. The van der Waals surface area contributed by atoms with Gasteiger partial charge in [0, 0.05) is 0 Å². The van der Waals surface area contributed by atoms with E-state index in [9.17, 15) is 0 Å². The Kier molecular flexibility index (Phi) is 306. The molecule has 0 atom stereocenters. The predicted molar refractivity (Wildman–Crippen MR) is 35.6 cm³/mol. The molecule has 0 fully saturated rings. The third-order valence-corrected chi connectivity index (χ3v) is 0. The van der Waals surface area contributed by atoms with Gasteiger partial charge < -0.3 is 0 Å². The quantitative estimate of drug-likeness (QED) is 0.251. The first-order chi connectivity index (χ1) is 0. The Hall–Kier alpha value is 1.49. The maximum Gasteiger partial charge on any atom is 0.316 e. The van der Waals surface area contributed by atoms with Gasteiger partial charge in [-0.3, -0.25) is 0 Å². The summed E-state index contributed by atoms with van der Waals surface area (Å²) in [5, 5.41) is 0. The van der Waals surface area contributed by atoms with Crippen molar-refractivity contribution < 1.29 is 0 Å². The molecule has 0 amide bonds. The largest absolute Gasteiger partial charge is 0.316 e. The normalized spacial score (nSPS) is 0. The minimum atomic E-state index is 0. The summed E-state index contributed by atoms with van der Waals surface area (Å²) in [6.07, 6.45) is 0. The van der Waals surface area contributed by atoms with Crippen LogP contribution in [0.5, 0.6) is 0 Å². The summed E-state index contributed by atoms with van der Waals surface area (Å²) < 4.78 is 0. The molecule has 0 radical (unpaired) electrons. The third kappa shape index (κ3) is 9.74. The number of hydrogen-bond acceptors (Lipinski definition) is 0. The van der Waals surface area contributed by atoms with Gasteiger partial charge in [-0.2, -0.15) is 0 Å². The summed E-state index contributed by atoms with van der Waals surface area (Å²) in [4.78, 5) is 0. The van der Waals surface area contributed by atoms with Crippen LogP contribution in [0.4, 0.5) is 0 Å². The molecule has 0 aromatic carbocycles. The van der Waals surface area contributed by atoms with Gasteiger partial charge in [0.25, 0.3) is 0 Å². The van der Waals surface area contributed by atoms with Crippen molar-refractivity contribution in [2.24, 2.45) is 0 Å². The van der Waals surface area contributed by atoms with E-state index >= 15 is 0 Å². The first-order valence-electron chi connectivity index (χ1n) is 0. The fraction of sp³-hybridized carbons (Fsp3) is 0. The second kappa shape index (κ2) is 24.6. The molecule has 0 nitrogen and oxygen atoms in total. The van der Waals surface area contributed by atoms with E-state index in [1.54, 1.807) is 0 Å². The van der Waals surface area contributed by atoms with Crippen LogP contribution in [-0.2, 0) is 0 Å². The third-order valence-electron chi connectivity index (χ3n) is 0. The SMILES string of the molecule is B.B.[LiH].[MgH2]. The zero-order chi connectivity index (χ0) is 0. The number of hydrogen-bond donors (Lipinski definition) is 0. The molecular weight excluding hydrogens is 52.9 g/mol. The summed E-state index contributed by atoms with van der Waals surface area (Å²) >= 11 is 0. The molecule has 0 saturated carbocycles. The van der Waals surface area contributed by atoms with Gasteiger partial charge >= 0.3 is 41.9 Å². The minimum Gasteiger partial charge on any atom is 0.316 e. The van der Waals surface area contributed by atoms with E-state index < -0.39 is 0 Å². The molecule has 0 aromatic rings. The molecule has 0 unspecified atom stereocenters. The van der Waals surface area contributed by atoms with Crippen molar-refractivity contribution in [1.82, 2.24) is 0 Å². The van der Waals surface area contributed by atoms with Crippen LogP contribution in [0, 0.1) is 0 Å². The van der Waals surface area contributed by atoms with Gasteiger partial charge in [0.2, 0.25) is 0 Å². The fourth-order valence-electron chi connectivity index (χ4n) is 0. The van der Waals surface area contributed by atoms with Gasteiger partial charge in [0.1, 0.15) is 0 Å². The summed E-state index contributed by atoms with van der Waals surface area (Å²) in [5.41, 5.74) is 0. The maximum absolute atomic E-state index is 0. The topological polar surface area (TPSA) is 0 Å². The fourth-order valence-corrected chi connectivity index (χ4v) is 0. The summed E-state index contributed by atoms with van der Waals surface area (Å²) in [6.45, 7) is 0. The zero-order valence-electron chi connectivity index (χ0n) is 0. The Morgan fingerprint density at radius 3 is 0.750 bits per heavy atom. The Labute approximate surface area is 58.6 Å². The molecule has 0 spiro atoms. The van der Waals surface area contributed by atoms with E-state index in [4.69, 9.17) is 0 Å². The molecule has 0 aliphatic rings. The van der Waals surface area contributed by atoms with Gasteiger partial charge in [0.05, 0.1) is 16.8 Å². The van der Waals surface area contributed by atoms with Gasteiger partial charge in [-0.15, -0.1) is 0 Å². The minimum absolute atomic E-state index is 0. The average Bonchev–Trinajstić information content (AvgIpc) is 0. The molecule has 0 rings (SSSR count). The Balaban J connectivity index is 0. The van der Waals surface area contributed by atoms with Gasteiger partial charge in [-0.25, -0.2) is 0 Å². The van der Waals surface area contributed by atoms with Crippen LogP contribution in [0.25, 0.3) is 0 Å². The summed E-state index contributed by atoms with van der Waals surface area (Å²) in [6, 6.07) is 0. The van der Waals surface area contributed by atoms with Crippen LogP contribution < -0.4 is 0 Å². The molecule has 0 aliphatic heterocycles. The smallest absolute Gasteiger partial charge is 0.316 e. The van der Waals surface area contributed by atoms with Crippen LogP contribution in [0.15, 0.2) is 0 Å². The van der Waals surface area contributed by atoms with Gasteiger partial charge in [-0.1, -0.05) is 0 Å². The summed E-state index contributed by atoms with van der Waals surface area (Å²) in [7, 11) is 0. The van der Waals surface area contributed by atoms with E-state index in [2.05, 4.69) is 0 Å². The van der Waals surface area contributed by atoms with Crippen LogP contribution >= 0.6 is 0 Å². The van der Waals surface area contributed by atoms with E-state index in [-0.39, 0.29) is 58.7 Å². The van der Waals surface area contributed by atoms with E-state index in [1.807, 2.05) is 0 Å². The van der Waals surface area contributed by atoms with Crippen molar-refractivity contribution in [3.05, 3.63) is 0 Å². The van der Waals surface area contributed by atoms with Crippen molar-refractivity contribution in [1.29, 1.82) is 0 Å². The van der Waals surface area contributed by atoms with E-state index in [0.717, 1.165) is 0 Å². The van der Waals surface area contributed by atoms with Crippen LogP contribution in [0.2, 0.25) is 0 Å². The van der Waals surface area contributed by atoms with Crippen molar-refractivity contribution in [3.8, 4) is 0 Å². The first-order valence-corrected chi connectivity index (χ1v) is 0. The second-order valence-corrected chi connectivity index (χ2v) is 0. The maximum atomic E-state index is 0. The van der Waals surface area contributed by atoms with Crippen LogP contribution in [0.3, 0.4) is 0 Å². The first kappa shape index (κ1) is 49.7. The van der Waals surface area contributed by atoms with Crippen molar-refractivity contribution in [2.45, 2.75) is 0 Å². The average molecular weight is 61.9 g/mol. The molecule has 18 valence electrons. The summed E-state index contributed by atoms with van der Waals surface area (Å²) in [5.74, 6) is 0. The molecule has 0 N–H and O–H groups in total. The molecule has 0 heterocycles. The molecule has 0 bridgehead atoms. The van der Waals surface area contributed by atoms with Crippen LogP contribution in [-0.4, -0.2) is 58.7 Å². The predicted octanol–water partition coefficient (Wildman–Crippen LogP) is -3.93. The number of rotatable bonds is 0. The van der Waals surface area contributed by atoms with Crippen molar-refractivity contribution in [2.75, 3.05) is 0 Å². The molecule has 4 heavy (non-hydrogen) atoms. The van der Waals surface area contributed by atoms with Crippen molar-refractivity contribution in [3.63, 3.8) is 0 Å². The van der Waals surface area contributed by atoms with Crippen LogP contribution in [0.1, 0.15) is 0 Å².